The quantitative estimate of drug-likeness (QED) is 0.638. The topological polar surface area (TPSA) is 22.1 Å². The van der Waals surface area contributed by atoms with E-state index in [9.17, 15) is 4.39 Å². The van der Waals surface area contributed by atoms with E-state index in [1.165, 1.54) is 13.1 Å². The van der Waals surface area contributed by atoms with E-state index in [1.54, 1.807) is 18.3 Å². The zero-order valence-electron chi connectivity index (χ0n) is 6.12. The molecule has 2 nitrogen and oxygen atoms in total. The van der Waals surface area contributed by atoms with Crippen LogP contribution >= 0.6 is 9.24 Å². The maximum atomic E-state index is 12.8. The van der Waals surface area contributed by atoms with Gasteiger partial charge in [-0.05, 0) is 12.1 Å². The lowest BCUT2D eigenvalue weighted by Gasteiger charge is -2.15. The Labute approximate surface area is 67.0 Å². The molecule has 1 rings (SSSR count). The zero-order chi connectivity index (χ0) is 8.32. The molecular weight excluding hydrogens is 164 g/mol. The van der Waals surface area contributed by atoms with Crippen molar-refractivity contribution in [3.8, 4) is 5.75 Å². The maximum Gasteiger partial charge on any atom is 0.256 e. The lowest BCUT2D eigenvalue weighted by atomic mass is 10.5. The van der Waals surface area contributed by atoms with E-state index in [-0.39, 0.29) is 0 Å². The van der Waals surface area contributed by atoms with Gasteiger partial charge in [-0.2, -0.15) is 4.39 Å². The summed E-state index contributed by atoms with van der Waals surface area (Å²) in [5, 5.41) is 0. The minimum Gasteiger partial charge on any atom is -0.454 e. The average Bonchev–Trinajstić information content (AvgIpc) is 1.85. The Bertz CT molecular complexity index is 222. The van der Waals surface area contributed by atoms with Crippen LogP contribution in [0.1, 0.15) is 6.92 Å². The SMILES string of the molecule is CC(F)(P)Oc1cccnc1. The summed E-state index contributed by atoms with van der Waals surface area (Å²) in [4.78, 5) is 3.77. The Balaban J connectivity index is 2.66. The standard InChI is InChI=1S/C7H9FNOP/c1-7(8,11)10-6-3-2-4-9-5-6/h2-5H,11H2,1H3. The highest BCUT2D eigenvalue weighted by molar-refractivity contribution is 7.18. The first-order chi connectivity index (χ1) is 5.08. The van der Waals surface area contributed by atoms with E-state index in [1.807, 2.05) is 9.24 Å². The highest BCUT2D eigenvalue weighted by atomic mass is 31.0. The summed E-state index contributed by atoms with van der Waals surface area (Å²) in [6, 6.07) is 3.33. The van der Waals surface area contributed by atoms with Crippen LogP contribution in [-0.4, -0.2) is 10.6 Å². The first kappa shape index (κ1) is 8.41. The number of alkyl halides is 1. The van der Waals surface area contributed by atoms with Crippen molar-refractivity contribution >= 4 is 9.24 Å². The molecule has 0 saturated carbocycles. The number of hydrogen-bond donors (Lipinski definition) is 0. The predicted molar refractivity (Wildman–Crippen MR) is 44.1 cm³/mol. The van der Waals surface area contributed by atoms with Crippen molar-refractivity contribution in [1.82, 2.24) is 4.98 Å². The van der Waals surface area contributed by atoms with Crippen LogP contribution in [0.3, 0.4) is 0 Å². The molecule has 0 N–H and O–H groups in total. The molecule has 4 heteroatoms. The normalized spacial score (nSPS) is 15.5. The predicted octanol–water partition coefficient (Wildman–Crippen LogP) is 1.98. The van der Waals surface area contributed by atoms with Gasteiger partial charge in [0, 0.05) is 13.1 Å². The molecule has 1 heterocycles. The Hall–Kier alpha value is -0.690. The highest BCUT2D eigenvalue weighted by Crippen LogP contribution is 2.23. The molecule has 0 fully saturated rings. The molecule has 60 valence electrons. The van der Waals surface area contributed by atoms with Crippen molar-refractivity contribution in [2.75, 3.05) is 0 Å². The third-order valence-electron chi connectivity index (χ3n) is 0.952. The number of hydrogen-bond acceptors (Lipinski definition) is 2. The maximum absolute atomic E-state index is 12.8. The van der Waals surface area contributed by atoms with Crippen LogP contribution in [0.5, 0.6) is 5.75 Å². The van der Waals surface area contributed by atoms with E-state index >= 15 is 0 Å². The molecule has 2 atom stereocenters. The summed E-state index contributed by atoms with van der Waals surface area (Å²) < 4.78 is 17.6. The monoisotopic (exact) mass is 173 g/mol. The van der Waals surface area contributed by atoms with Crippen LogP contribution in [0, 0.1) is 0 Å². The van der Waals surface area contributed by atoms with Crippen molar-refractivity contribution < 1.29 is 9.13 Å². The number of ether oxygens (including phenoxy) is 1. The second-order valence-corrected chi connectivity index (χ2v) is 3.31. The lowest BCUT2D eigenvalue weighted by Crippen LogP contribution is -2.16. The minimum absolute atomic E-state index is 0.424. The molecule has 0 amide bonds. The van der Waals surface area contributed by atoms with Crippen molar-refractivity contribution in [2.24, 2.45) is 0 Å². The van der Waals surface area contributed by atoms with Crippen LogP contribution < -0.4 is 4.74 Å². The van der Waals surface area contributed by atoms with E-state index in [2.05, 4.69) is 4.98 Å². The van der Waals surface area contributed by atoms with Crippen LogP contribution in [-0.2, 0) is 0 Å². The Kier molecular flexibility index (Phi) is 2.40. The largest absolute Gasteiger partial charge is 0.454 e. The molecule has 11 heavy (non-hydrogen) atoms. The van der Waals surface area contributed by atoms with Gasteiger partial charge in [0.2, 0.25) is 0 Å². The molecule has 0 bridgehead atoms. The van der Waals surface area contributed by atoms with Crippen molar-refractivity contribution in [1.29, 1.82) is 0 Å². The molecule has 0 aliphatic heterocycles. The molecule has 0 aliphatic carbocycles. The molecule has 0 saturated heterocycles. The molecule has 0 aliphatic rings. The van der Waals surface area contributed by atoms with Crippen molar-refractivity contribution in [3.63, 3.8) is 0 Å². The van der Waals surface area contributed by atoms with Gasteiger partial charge in [0.05, 0.1) is 6.20 Å². The van der Waals surface area contributed by atoms with Gasteiger partial charge < -0.3 is 4.74 Å². The minimum atomic E-state index is -1.72. The Morgan fingerprint density at radius 1 is 1.73 bits per heavy atom. The van der Waals surface area contributed by atoms with E-state index in [0.29, 0.717) is 5.75 Å². The van der Waals surface area contributed by atoms with Gasteiger partial charge in [0.15, 0.2) is 0 Å². The Morgan fingerprint density at radius 2 is 2.45 bits per heavy atom. The molecule has 0 spiro atoms. The number of aromatic nitrogens is 1. The van der Waals surface area contributed by atoms with Gasteiger partial charge in [-0.25, -0.2) is 0 Å². The zero-order valence-corrected chi connectivity index (χ0v) is 7.27. The molecule has 2 unspecified atom stereocenters. The van der Waals surface area contributed by atoms with Crippen molar-refractivity contribution in [2.45, 2.75) is 12.5 Å². The van der Waals surface area contributed by atoms with Gasteiger partial charge in [-0.15, -0.1) is 0 Å². The van der Waals surface area contributed by atoms with E-state index < -0.39 is 5.60 Å². The smallest absolute Gasteiger partial charge is 0.256 e. The van der Waals surface area contributed by atoms with Gasteiger partial charge in [-0.1, -0.05) is 9.24 Å². The summed E-state index contributed by atoms with van der Waals surface area (Å²) >= 11 is 0. The van der Waals surface area contributed by atoms with Crippen molar-refractivity contribution in [3.05, 3.63) is 24.5 Å². The third kappa shape index (κ3) is 3.28. The van der Waals surface area contributed by atoms with Gasteiger partial charge >= 0.3 is 0 Å². The van der Waals surface area contributed by atoms with Crippen LogP contribution in [0.15, 0.2) is 24.5 Å². The summed E-state index contributed by atoms with van der Waals surface area (Å²) in [6.07, 6.45) is 3.06. The number of rotatable bonds is 2. The molecular formula is C7H9FNOP. The number of pyridine rings is 1. The second kappa shape index (κ2) is 3.14. The van der Waals surface area contributed by atoms with Crippen LogP contribution in [0.4, 0.5) is 4.39 Å². The number of nitrogens with zero attached hydrogens (tertiary/aromatic N) is 1. The third-order valence-corrected chi connectivity index (χ3v) is 1.07. The van der Waals surface area contributed by atoms with Gasteiger partial charge in [0.1, 0.15) is 5.75 Å². The lowest BCUT2D eigenvalue weighted by molar-refractivity contribution is 0.0469. The number of halogens is 1. The Morgan fingerprint density at radius 3 is 2.91 bits per heavy atom. The van der Waals surface area contributed by atoms with Gasteiger partial charge in [-0.3, -0.25) is 4.98 Å². The summed E-state index contributed by atoms with van der Waals surface area (Å²) in [5.74, 6) is 0.424. The molecule has 0 aromatic carbocycles. The molecule has 1 aromatic rings. The first-order valence-electron chi connectivity index (χ1n) is 3.15. The highest BCUT2D eigenvalue weighted by Gasteiger charge is 2.16. The first-order valence-corrected chi connectivity index (χ1v) is 3.72. The van der Waals surface area contributed by atoms with Gasteiger partial charge in [0.25, 0.3) is 5.60 Å². The second-order valence-electron chi connectivity index (χ2n) is 2.28. The molecule has 1 aromatic heterocycles. The average molecular weight is 173 g/mol. The van der Waals surface area contributed by atoms with Crippen LogP contribution in [0.2, 0.25) is 0 Å². The fraction of sp³-hybridized carbons (Fsp3) is 0.286. The summed E-state index contributed by atoms with van der Waals surface area (Å²) in [7, 11) is 1.95. The summed E-state index contributed by atoms with van der Waals surface area (Å²) in [5.41, 5.74) is -1.72. The fourth-order valence-electron chi connectivity index (χ4n) is 0.638. The van der Waals surface area contributed by atoms with E-state index in [0.717, 1.165) is 0 Å². The summed E-state index contributed by atoms with van der Waals surface area (Å²) in [6.45, 7) is 1.31. The molecule has 0 radical (unpaired) electrons. The van der Waals surface area contributed by atoms with E-state index in [4.69, 9.17) is 4.74 Å². The van der Waals surface area contributed by atoms with Crippen LogP contribution in [0.25, 0.3) is 0 Å². The fourth-order valence-corrected chi connectivity index (χ4v) is 0.774.